The Morgan fingerprint density at radius 2 is 1.77 bits per heavy atom. The van der Waals surface area contributed by atoms with E-state index in [1.807, 2.05) is 73.7 Å². The zero-order valence-corrected chi connectivity index (χ0v) is 26.7. The number of carbonyl (C=O) groups excluding carboxylic acids is 1. The zero-order valence-electron chi connectivity index (χ0n) is 24.3. The molecular weight excluding hydrogens is 632 g/mol. The largest absolute Gasteiger partial charge is 0.494 e. The Balaban J connectivity index is 1.56. The van der Waals surface area contributed by atoms with Gasteiger partial charge in [-0.05, 0) is 68.3 Å². The molecule has 43 heavy (non-hydrogen) atoms. The predicted octanol–water partition coefficient (Wildman–Crippen LogP) is 5.55. The molecule has 0 radical (unpaired) electrons. The van der Waals surface area contributed by atoms with Crippen LogP contribution in [0.5, 0.6) is 17.2 Å². The fraction of sp³-hybridized carbons (Fsp3) is 0.242. The highest BCUT2D eigenvalue weighted by molar-refractivity contribution is 9.10. The van der Waals surface area contributed by atoms with E-state index in [9.17, 15) is 9.59 Å². The van der Waals surface area contributed by atoms with E-state index >= 15 is 0 Å². The van der Waals surface area contributed by atoms with E-state index < -0.39 is 12.0 Å². The van der Waals surface area contributed by atoms with Crippen LogP contribution in [0.25, 0.3) is 6.08 Å². The van der Waals surface area contributed by atoms with Gasteiger partial charge in [-0.2, -0.15) is 0 Å². The lowest BCUT2D eigenvalue weighted by molar-refractivity contribution is -0.139. The Morgan fingerprint density at radius 3 is 2.49 bits per heavy atom. The van der Waals surface area contributed by atoms with Gasteiger partial charge in [0.1, 0.15) is 18.4 Å². The molecule has 0 amide bonds. The molecule has 0 unspecified atom stereocenters. The molecule has 0 N–H and O–H groups in total. The van der Waals surface area contributed by atoms with Crippen molar-refractivity contribution in [3.8, 4) is 17.2 Å². The van der Waals surface area contributed by atoms with Gasteiger partial charge >= 0.3 is 5.97 Å². The van der Waals surface area contributed by atoms with Crippen LogP contribution in [0.3, 0.4) is 0 Å². The number of methoxy groups -OCH3 is 1. The van der Waals surface area contributed by atoms with Crippen molar-refractivity contribution >= 4 is 39.3 Å². The average molecular weight is 664 g/mol. The minimum atomic E-state index is -0.760. The van der Waals surface area contributed by atoms with Crippen molar-refractivity contribution in [2.45, 2.75) is 33.4 Å². The van der Waals surface area contributed by atoms with Crippen LogP contribution >= 0.6 is 27.3 Å². The van der Waals surface area contributed by atoms with Crippen LogP contribution in [0.15, 0.2) is 92.3 Å². The average Bonchev–Trinajstić information content (AvgIpc) is 3.30. The van der Waals surface area contributed by atoms with Crippen LogP contribution in [0.2, 0.25) is 0 Å². The summed E-state index contributed by atoms with van der Waals surface area (Å²) in [4.78, 5) is 32.4. The first-order chi connectivity index (χ1) is 20.8. The van der Waals surface area contributed by atoms with Crippen LogP contribution in [0.4, 0.5) is 0 Å². The molecule has 0 spiro atoms. The van der Waals surface area contributed by atoms with Gasteiger partial charge < -0.3 is 18.9 Å². The second-order valence-electron chi connectivity index (χ2n) is 9.60. The number of nitrogens with zero attached hydrogens (tertiary/aromatic N) is 2. The highest BCUT2D eigenvalue weighted by Crippen LogP contribution is 2.36. The number of carbonyl (C=O) groups is 1. The zero-order chi connectivity index (χ0) is 30.5. The van der Waals surface area contributed by atoms with Crippen LogP contribution in [0.1, 0.15) is 43.5 Å². The van der Waals surface area contributed by atoms with Crippen molar-refractivity contribution in [2.24, 2.45) is 4.99 Å². The van der Waals surface area contributed by atoms with Crippen molar-refractivity contribution < 1.29 is 23.7 Å². The lowest BCUT2D eigenvalue weighted by atomic mass is 9.95. The number of allylic oxidation sites excluding steroid dienone is 1. The molecule has 1 aliphatic rings. The van der Waals surface area contributed by atoms with Gasteiger partial charge in [0, 0.05) is 10.0 Å². The summed E-state index contributed by atoms with van der Waals surface area (Å²) in [7, 11) is 1.58. The summed E-state index contributed by atoms with van der Waals surface area (Å²) in [6.45, 7) is 6.41. The Morgan fingerprint density at radius 1 is 1.00 bits per heavy atom. The smallest absolute Gasteiger partial charge is 0.338 e. The lowest BCUT2D eigenvalue weighted by Crippen LogP contribution is -2.40. The number of aromatic nitrogens is 1. The summed E-state index contributed by atoms with van der Waals surface area (Å²) in [5, 5.41) is 0. The number of ether oxygens (including phenoxy) is 4. The molecule has 222 valence electrons. The molecule has 8 nitrogen and oxygen atoms in total. The van der Waals surface area contributed by atoms with Gasteiger partial charge in [-0.3, -0.25) is 9.36 Å². The highest BCUT2D eigenvalue weighted by Gasteiger charge is 2.35. The second kappa shape index (κ2) is 13.4. The number of halogens is 1. The molecular formula is C33H31BrN2O6S. The van der Waals surface area contributed by atoms with Crippen LogP contribution in [-0.2, 0) is 16.1 Å². The second-order valence-corrected chi connectivity index (χ2v) is 11.5. The van der Waals surface area contributed by atoms with E-state index in [4.69, 9.17) is 18.9 Å². The Kier molecular flexibility index (Phi) is 9.47. The summed E-state index contributed by atoms with van der Waals surface area (Å²) >= 11 is 4.70. The fourth-order valence-corrected chi connectivity index (χ4v) is 6.18. The van der Waals surface area contributed by atoms with Crippen LogP contribution in [0, 0.1) is 0 Å². The third-order valence-electron chi connectivity index (χ3n) is 6.82. The predicted molar refractivity (Wildman–Crippen MR) is 169 cm³/mol. The number of esters is 1. The normalized spacial score (nSPS) is 14.6. The van der Waals surface area contributed by atoms with Crippen LogP contribution in [-0.4, -0.2) is 30.9 Å². The number of fused-ring (bicyclic) bond motifs is 1. The lowest BCUT2D eigenvalue weighted by Gasteiger charge is -2.26. The number of para-hydroxylation sites is 1. The monoisotopic (exact) mass is 662 g/mol. The van der Waals surface area contributed by atoms with Gasteiger partial charge in [0.25, 0.3) is 5.56 Å². The van der Waals surface area contributed by atoms with E-state index in [2.05, 4.69) is 20.9 Å². The van der Waals surface area contributed by atoms with Gasteiger partial charge in [0.15, 0.2) is 16.3 Å². The number of rotatable bonds is 10. The molecule has 4 aromatic rings. The molecule has 10 heteroatoms. The van der Waals surface area contributed by atoms with Crippen LogP contribution < -0.4 is 29.1 Å². The van der Waals surface area contributed by atoms with E-state index in [1.165, 1.54) is 11.3 Å². The van der Waals surface area contributed by atoms with Gasteiger partial charge in [-0.25, -0.2) is 9.79 Å². The first-order valence-electron chi connectivity index (χ1n) is 13.8. The third kappa shape index (κ3) is 6.45. The molecule has 1 aromatic heterocycles. The van der Waals surface area contributed by atoms with Crippen molar-refractivity contribution in [3.63, 3.8) is 0 Å². The number of thiazole rings is 1. The Labute approximate surface area is 261 Å². The molecule has 1 aliphatic heterocycles. The molecule has 3 aromatic carbocycles. The summed E-state index contributed by atoms with van der Waals surface area (Å²) in [6, 6.07) is 20.1. The van der Waals surface area contributed by atoms with Crippen molar-refractivity contribution in [2.75, 3.05) is 20.3 Å². The molecule has 0 aliphatic carbocycles. The third-order valence-corrected chi connectivity index (χ3v) is 8.34. The molecule has 1 atom stereocenters. The summed E-state index contributed by atoms with van der Waals surface area (Å²) in [5.41, 5.74) is 2.99. The number of hydrogen-bond donors (Lipinski definition) is 0. The maximum atomic E-state index is 14.0. The fourth-order valence-electron chi connectivity index (χ4n) is 4.87. The maximum absolute atomic E-state index is 14.0. The topological polar surface area (TPSA) is 88.4 Å². The number of hydrogen-bond acceptors (Lipinski definition) is 8. The van der Waals surface area contributed by atoms with Gasteiger partial charge in [0.05, 0.1) is 36.1 Å². The number of benzene rings is 3. The molecule has 0 saturated heterocycles. The summed E-state index contributed by atoms with van der Waals surface area (Å²) in [5.74, 6) is 1.20. The quantitative estimate of drug-likeness (QED) is 0.207. The Bertz CT molecular complexity index is 1860. The first-order valence-corrected chi connectivity index (χ1v) is 15.4. The first kappa shape index (κ1) is 30.3. The SMILES string of the molecule is CCOC(=O)C1=C(C)N=c2s/c(=C\c3ccc(OCc4ccc(Br)cc4)c(OC)c3)c(=O)n2[C@H]1c1ccccc1OCC. The van der Waals surface area contributed by atoms with Crippen molar-refractivity contribution in [1.29, 1.82) is 0 Å². The Hall–Kier alpha value is -4.15. The summed E-state index contributed by atoms with van der Waals surface area (Å²) in [6.07, 6.45) is 1.79. The van der Waals surface area contributed by atoms with E-state index in [0.717, 1.165) is 15.6 Å². The van der Waals surface area contributed by atoms with Crippen molar-refractivity contribution in [1.82, 2.24) is 4.57 Å². The van der Waals surface area contributed by atoms with E-state index in [0.29, 0.717) is 56.6 Å². The van der Waals surface area contributed by atoms with Gasteiger partial charge in [0.2, 0.25) is 0 Å². The molecule has 5 rings (SSSR count). The van der Waals surface area contributed by atoms with E-state index in [1.54, 1.807) is 31.6 Å². The molecule has 0 saturated carbocycles. The molecule has 0 fully saturated rings. The van der Waals surface area contributed by atoms with Gasteiger partial charge in [-0.1, -0.05) is 63.7 Å². The molecule has 2 heterocycles. The minimum absolute atomic E-state index is 0.199. The summed E-state index contributed by atoms with van der Waals surface area (Å²) < 4.78 is 26.0. The molecule has 0 bridgehead atoms. The minimum Gasteiger partial charge on any atom is -0.494 e. The van der Waals surface area contributed by atoms with Gasteiger partial charge in [-0.15, -0.1) is 0 Å². The standard InChI is InChI=1S/C33H31BrN2O6S/c1-5-40-25-10-8-7-9-24(25)30-29(32(38)41-6-2)20(3)35-33-36(30)31(37)28(43-33)18-22-13-16-26(27(17-22)39-4)42-19-21-11-14-23(34)15-12-21/h7-18,30H,5-6,19H2,1-4H3/b28-18-/t30-/m0/s1. The van der Waals surface area contributed by atoms with E-state index in [-0.39, 0.29) is 12.2 Å². The highest BCUT2D eigenvalue weighted by atomic mass is 79.9. The maximum Gasteiger partial charge on any atom is 0.338 e. The van der Waals surface area contributed by atoms with Crippen molar-refractivity contribution in [3.05, 3.63) is 119 Å².